The molecule has 2 N–H and O–H groups in total. The van der Waals surface area contributed by atoms with Crippen LogP contribution >= 0.6 is 0 Å². The minimum absolute atomic E-state index is 0.107. The van der Waals surface area contributed by atoms with Crippen LogP contribution in [0.25, 0.3) is 22.3 Å². The van der Waals surface area contributed by atoms with Gasteiger partial charge in [-0.25, -0.2) is 23.7 Å². The lowest BCUT2D eigenvalue weighted by atomic mass is 10.1. The number of methoxy groups -OCH3 is 1. The summed E-state index contributed by atoms with van der Waals surface area (Å²) in [6, 6.07) is 0.702. The maximum atomic E-state index is 15.3. The molecule has 11 heteroatoms. The van der Waals surface area contributed by atoms with Gasteiger partial charge in [-0.15, -0.1) is 0 Å². The normalized spacial score (nSPS) is 22.6. The second-order valence-electron chi connectivity index (χ2n) is 9.18. The van der Waals surface area contributed by atoms with Crippen LogP contribution in [0.1, 0.15) is 39.1 Å². The first-order valence-corrected chi connectivity index (χ1v) is 11.2. The highest BCUT2D eigenvalue weighted by atomic mass is 19.1. The molecular formula is C23H27F2N5O4. The van der Waals surface area contributed by atoms with Crippen LogP contribution in [0.5, 0.6) is 5.75 Å². The maximum absolute atomic E-state index is 15.3. The Morgan fingerprint density at radius 1 is 1.24 bits per heavy atom. The number of rotatable bonds is 5. The van der Waals surface area contributed by atoms with Gasteiger partial charge >= 0.3 is 0 Å². The Balaban J connectivity index is 1.66. The number of hydrogen-bond donors (Lipinski definition) is 2. The predicted molar refractivity (Wildman–Crippen MR) is 120 cm³/mol. The molecule has 0 amide bonds. The third kappa shape index (κ3) is 3.68. The first-order valence-electron chi connectivity index (χ1n) is 11.2. The summed E-state index contributed by atoms with van der Waals surface area (Å²) in [6.07, 6.45) is 0.817. The Hall–Kier alpha value is -2.89. The van der Waals surface area contributed by atoms with Crippen LogP contribution in [0.2, 0.25) is 0 Å². The third-order valence-corrected chi connectivity index (χ3v) is 6.47. The van der Waals surface area contributed by atoms with E-state index in [0.717, 1.165) is 6.20 Å². The van der Waals surface area contributed by atoms with Crippen molar-refractivity contribution in [2.75, 3.05) is 32.2 Å². The minimum atomic E-state index is -0.781. The number of aromatic nitrogens is 4. The number of aliphatic hydroxyl groups is 1. The summed E-state index contributed by atoms with van der Waals surface area (Å²) >= 11 is 0. The largest absolute Gasteiger partial charge is 0.488 e. The molecule has 0 radical (unpaired) electrons. The quantitative estimate of drug-likeness (QED) is 0.580. The van der Waals surface area contributed by atoms with Gasteiger partial charge in [-0.1, -0.05) is 0 Å². The number of ether oxygens (including phenoxy) is 3. The monoisotopic (exact) mass is 475 g/mol. The van der Waals surface area contributed by atoms with Crippen LogP contribution in [0.15, 0.2) is 12.3 Å². The molecule has 1 aromatic carbocycles. The van der Waals surface area contributed by atoms with Crippen LogP contribution in [-0.2, 0) is 15.1 Å². The highest BCUT2D eigenvalue weighted by molar-refractivity contribution is 5.92. The molecule has 182 valence electrons. The van der Waals surface area contributed by atoms with Crippen molar-refractivity contribution < 1.29 is 28.1 Å². The number of imidazole rings is 1. The second-order valence-corrected chi connectivity index (χ2v) is 9.18. The first-order chi connectivity index (χ1) is 16.2. The summed E-state index contributed by atoms with van der Waals surface area (Å²) in [5, 5.41) is 13.2. The van der Waals surface area contributed by atoms with Crippen molar-refractivity contribution >= 4 is 17.0 Å². The zero-order valence-corrected chi connectivity index (χ0v) is 19.4. The smallest absolute Gasteiger partial charge is 0.223 e. The van der Waals surface area contributed by atoms with E-state index in [4.69, 9.17) is 14.2 Å². The van der Waals surface area contributed by atoms with E-state index >= 15 is 4.39 Å². The Bertz CT molecular complexity index is 1250. The first kappa shape index (κ1) is 22.9. The molecule has 1 fully saturated rings. The number of hydrogen-bond acceptors (Lipinski definition) is 8. The van der Waals surface area contributed by atoms with E-state index in [1.165, 1.54) is 6.07 Å². The molecule has 0 saturated carbocycles. The van der Waals surface area contributed by atoms with E-state index < -0.39 is 23.3 Å². The molecule has 34 heavy (non-hydrogen) atoms. The number of anilines is 1. The topological polar surface area (TPSA) is 104 Å². The highest BCUT2D eigenvalue weighted by Gasteiger charge is 2.36. The molecule has 3 aromatic rings. The standard InChI is InChI=1S/C23H27F2N5O4/c1-11-9-34-20-12(7-13(24)18-19(20)30(11)21(28-18)23(2,3)32-4)17-14(25)8-26-22(29-17)27-15-5-6-33-10-16(15)31/h7-8,11,15-16,31H,5-6,9-10H2,1-4H3,(H,26,27,29)/t11-,15?,16-/m1/s1. The van der Waals surface area contributed by atoms with Crippen LogP contribution < -0.4 is 10.1 Å². The van der Waals surface area contributed by atoms with Crippen molar-refractivity contribution in [2.24, 2.45) is 0 Å². The van der Waals surface area contributed by atoms with Gasteiger partial charge in [0.2, 0.25) is 5.95 Å². The fraction of sp³-hybridized carbons (Fsp3) is 0.522. The predicted octanol–water partition coefficient (Wildman–Crippen LogP) is 3.17. The highest BCUT2D eigenvalue weighted by Crippen LogP contribution is 2.44. The number of nitrogens with one attached hydrogen (secondary N) is 1. The molecule has 2 aliphatic rings. The van der Waals surface area contributed by atoms with Crippen molar-refractivity contribution in [3.63, 3.8) is 0 Å². The molecule has 0 bridgehead atoms. The van der Waals surface area contributed by atoms with E-state index in [9.17, 15) is 9.50 Å². The lowest BCUT2D eigenvalue weighted by molar-refractivity contribution is -0.0136. The van der Waals surface area contributed by atoms with Gasteiger partial charge in [0.05, 0.1) is 36.6 Å². The van der Waals surface area contributed by atoms with Gasteiger partial charge < -0.3 is 29.2 Å². The van der Waals surface area contributed by atoms with E-state index in [2.05, 4.69) is 20.3 Å². The van der Waals surface area contributed by atoms with Crippen molar-refractivity contribution in [1.82, 2.24) is 19.5 Å². The van der Waals surface area contributed by atoms with Crippen molar-refractivity contribution in [3.8, 4) is 17.0 Å². The van der Waals surface area contributed by atoms with Gasteiger partial charge in [0.15, 0.2) is 17.4 Å². The van der Waals surface area contributed by atoms with Gasteiger partial charge in [-0.05, 0) is 33.3 Å². The lowest BCUT2D eigenvalue weighted by Crippen LogP contribution is -2.42. The van der Waals surface area contributed by atoms with Gasteiger partial charge in [0.1, 0.15) is 34.8 Å². The molecule has 2 aliphatic heterocycles. The van der Waals surface area contributed by atoms with Crippen molar-refractivity contribution in [3.05, 3.63) is 29.7 Å². The zero-order chi connectivity index (χ0) is 24.2. The Labute approximate surface area is 195 Å². The molecule has 1 unspecified atom stereocenters. The summed E-state index contributed by atoms with van der Waals surface area (Å²) < 4.78 is 49.0. The number of halogens is 2. The van der Waals surface area contributed by atoms with Crippen LogP contribution in [0.3, 0.4) is 0 Å². The number of benzene rings is 1. The molecule has 3 atom stereocenters. The lowest BCUT2D eigenvalue weighted by Gasteiger charge is -2.30. The van der Waals surface area contributed by atoms with E-state index in [1.807, 2.05) is 25.3 Å². The van der Waals surface area contributed by atoms with E-state index in [-0.39, 0.29) is 48.0 Å². The van der Waals surface area contributed by atoms with E-state index in [1.54, 1.807) is 7.11 Å². The molecule has 0 aliphatic carbocycles. The molecule has 2 aromatic heterocycles. The van der Waals surface area contributed by atoms with Crippen molar-refractivity contribution in [1.29, 1.82) is 0 Å². The summed E-state index contributed by atoms with van der Waals surface area (Å²) in [5.74, 6) is -0.370. The van der Waals surface area contributed by atoms with Crippen LogP contribution in [0.4, 0.5) is 14.7 Å². The minimum Gasteiger partial charge on any atom is -0.488 e. The summed E-state index contributed by atoms with van der Waals surface area (Å²) in [5.41, 5.74) is -0.166. The Morgan fingerprint density at radius 3 is 2.76 bits per heavy atom. The van der Waals surface area contributed by atoms with Crippen LogP contribution in [-0.4, -0.2) is 63.7 Å². The van der Waals surface area contributed by atoms with Crippen LogP contribution in [0, 0.1) is 11.6 Å². The third-order valence-electron chi connectivity index (χ3n) is 6.47. The fourth-order valence-corrected chi connectivity index (χ4v) is 4.43. The molecule has 9 nitrogen and oxygen atoms in total. The summed E-state index contributed by atoms with van der Waals surface area (Å²) in [6.45, 7) is 6.60. The van der Waals surface area contributed by atoms with Gasteiger partial charge in [-0.3, -0.25) is 0 Å². The Kier molecular flexibility index (Phi) is 5.65. The molecule has 0 spiro atoms. The average molecular weight is 475 g/mol. The molecule has 1 saturated heterocycles. The Morgan fingerprint density at radius 2 is 2.03 bits per heavy atom. The van der Waals surface area contributed by atoms with Gasteiger partial charge in [-0.2, -0.15) is 0 Å². The number of aliphatic hydroxyl groups excluding tert-OH is 1. The molecular weight excluding hydrogens is 448 g/mol. The fourth-order valence-electron chi connectivity index (χ4n) is 4.43. The zero-order valence-electron chi connectivity index (χ0n) is 19.4. The SMILES string of the molecule is COC(C)(C)c1nc2c(F)cc(-c3nc(NC4CCOC[C@H]4O)ncc3F)c3c2n1[C@H](C)CO3. The summed E-state index contributed by atoms with van der Waals surface area (Å²) in [4.78, 5) is 12.9. The average Bonchev–Trinajstić information content (AvgIpc) is 3.24. The van der Waals surface area contributed by atoms with Gasteiger partial charge in [0, 0.05) is 13.7 Å². The van der Waals surface area contributed by atoms with E-state index in [0.29, 0.717) is 30.1 Å². The van der Waals surface area contributed by atoms with Crippen molar-refractivity contribution in [2.45, 2.75) is 51.0 Å². The van der Waals surface area contributed by atoms with Gasteiger partial charge in [0.25, 0.3) is 0 Å². The number of nitrogens with zero attached hydrogens (tertiary/aromatic N) is 4. The maximum Gasteiger partial charge on any atom is 0.223 e. The summed E-state index contributed by atoms with van der Waals surface area (Å²) in [7, 11) is 1.57. The second kappa shape index (κ2) is 8.40. The molecule has 4 heterocycles. The molecule has 5 rings (SSSR count).